The SMILES string of the molecule is Cc1ccccc1C(=O)NCc1nc2ccccc2n1CCC(=O)N1CCCCCC1. The van der Waals surface area contributed by atoms with Crippen LogP contribution >= 0.6 is 0 Å². The minimum absolute atomic E-state index is 0.114. The van der Waals surface area contributed by atoms with E-state index in [9.17, 15) is 9.59 Å². The van der Waals surface area contributed by atoms with Gasteiger partial charge in [-0.3, -0.25) is 9.59 Å². The van der Waals surface area contributed by atoms with Crippen molar-refractivity contribution in [2.24, 2.45) is 0 Å². The van der Waals surface area contributed by atoms with Crippen LogP contribution in [0.3, 0.4) is 0 Å². The number of rotatable bonds is 6. The highest BCUT2D eigenvalue weighted by Gasteiger charge is 2.18. The fraction of sp³-hybridized carbons (Fsp3) is 0.400. The van der Waals surface area contributed by atoms with Crippen molar-refractivity contribution in [3.63, 3.8) is 0 Å². The van der Waals surface area contributed by atoms with Crippen molar-refractivity contribution in [2.45, 2.75) is 52.1 Å². The predicted octanol–water partition coefficient (Wildman–Crippen LogP) is 4.07. The minimum Gasteiger partial charge on any atom is -0.345 e. The lowest BCUT2D eigenvalue weighted by molar-refractivity contribution is -0.131. The Bertz CT molecular complexity index is 1060. The summed E-state index contributed by atoms with van der Waals surface area (Å²) < 4.78 is 2.07. The van der Waals surface area contributed by atoms with Crippen molar-refractivity contribution in [1.82, 2.24) is 19.8 Å². The van der Waals surface area contributed by atoms with Gasteiger partial charge in [-0.15, -0.1) is 0 Å². The molecule has 1 aliphatic heterocycles. The van der Waals surface area contributed by atoms with Crippen molar-refractivity contribution in [1.29, 1.82) is 0 Å². The second-order valence-electron chi connectivity index (χ2n) is 8.21. The number of fused-ring (bicyclic) bond motifs is 1. The Labute approximate surface area is 183 Å². The van der Waals surface area contributed by atoms with Crippen molar-refractivity contribution in [3.8, 4) is 0 Å². The van der Waals surface area contributed by atoms with E-state index in [1.54, 1.807) is 0 Å². The Balaban J connectivity index is 1.48. The van der Waals surface area contributed by atoms with E-state index in [0.717, 1.165) is 48.4 Å². The standard InChI is InChI=1S/C25H30N4O2/c1-19-10-4-5-11-20(19)25(31)26-18-23-27-21-12-6-7-13-22(21)29(23)17-14-24(30)28-15-8-2-3-9-16-28/h4-7,10-13H,2-3,8-9,14-18H2,1H3,(H,26,31). The first-order chi connectivity index (χ1) is 15.1. The van der Waals surface area contributed by atoms with Gasteiger partial charge in [0.05, 0.1) is 17.6 Å². The van der Waals surface area contributed by atoms with Crippen LogP contribution in [0.15, 0.2) is 48.5 Å². The Morgan fingerprint density at radius 1 is 0.968 bits per heavy atom. The molecule has 0 bridgehead atoms. The third-order valence-corrected chi connectivity index (χ3v) is 6.04. The van der Waals surface area contributed by atoms with Gasteiger partial charge in [0.25, 0.3) is 5.91 Å². The van der Waals surface area contributed by atoms with Gasteiger partial charge in [0, 0.05) is 31.6 Å². The summed E-state index contributed by atoms with van der Waals surface area (Å²) in [5, 5.41) is 3.00. The lowest BCUT2D eigenvalue weighted by atomic mass is 10.1. The molecule has 4 rings (SSSR count). The lowest BCUT2D eigenvalue weighted by Crippen LogP contribution is -2.32. The smallest absolute Gasteiger partial charge is 0.251 e. The number of hydrogen-bond acceptors (Lipinski definition) is 3. The molecule has 1 aromatic heterocycles. The third-order valence-electron chi connectivity index (χ3n) is 6.04. The van der Waals surface area contributed by atoms with Gasteiger partial charge in [0.1, 0.15) is 5.82 Å². The summed E-state index contributed by atoms with van der Waals surface area (Å²) in [5.74, 6) is 0.860. The average molecular weight is 419 g/mol. The number of carbonyl (C=O) groups excluding carboxylic acids is 2. The van der Waals surface area contributed by atoms with Crippen molar-refractivity contribution in [3.05, 3.63) is 65.5 Å². The molecule has 162 valence electrons. The summed E-state index contributed by atoms with van der Waals surface area (Å²) in [7, 11) is 0. The molecule has 2 amide bonds. The molecule has 1 fully saturated rings. The van der Waals surface area contributed by atoms with E-state index in [4.69, 9.17) is 4.98 Å². The summed E-state index contributed by atoms with van der Waals surface area (Å²) in [4.78, 5) is 32.2. The Morgan fingerprint density at radius 2 is 1.68 bits per heavy atom. The monoisotopic (exact) mass is 418 g/mol. The molecule has 3 aromatic rings. The Hall–Kier alpha value is -3.15. The zero-order valence-corrected chi connectivity index (χ0v) is 18.1. The van der Waals surface area contributed by atoms with Crippen LogP contribution in [0.5, 0.6) is 0 Å². The first-order valence-electron chi connectivity index (χ1n) is 11.2. The van der Waals surface area contributed by atoms with Crippen LogP contribution in [0.1, 0.15) is 53.8 Å². The summed E-state index contributed by atoms with van der Waals surface area (Å²) >= 11 is 0. The van der Waals surface area contributed by atoms with Gasteiger partial charge in [0.15, 0.2) is 0 Å². The van der Waals surface area contributed by atoms with E-state index in [1.165, 1.54) is 12.8 Å². The maximum absolute atomic E-state index is 12.8. The van der Waals surface area contributed by atoms with Crippen LogP contribution in [0.25, 0.3) is 11.0 Å². The number of carbonyl (C=O) groups is 2. The van der Waals surface area contributed by atoms with Gasteiger partial charge in [-0.2, -0.15) is 0 Å². The molecule has 1 N–H and O–H groups in total. The fourth-order valence-corrected chi connectivity index (χ4v) is 4.28. The third kappa shape index (κ3) is 4.95. The average Bonchev–Trinajstić information content (AvgIpc) is 2.93. The van der Waals surface area contributed by atoms with Crippen molar-refractivity contribution >= 4 is 22.8 Å². The van der Waals surface area contributed by atoms with Crippen LogP contribution in [-0.2, 0) is 17.9 Å². The molecule has 0 spiro atoms. The number of likely N-dealkylation sites (tertiary alicyclic amines) is 1. The molecular weight excluding hydrogens is 388 g/mol. The fourth-order valence-electron chi connectivity index (χ4n) is 4.28. The van der Waals surface area contributed by atoms with Gasteiger partial charge >= 0.3 is 0 Å². The molecule has 31 heavy (non-hydrogen) atoms. The maximum atomic E-state index is 12.8. The number of hydrogen-bond donors (Lipinski definition) is 1. The molecule has 0 unspecified atom stereocenters. The molecule has 2 heterocycles. The number of benzene rings is 2. The molecule has 2 aromatic carbocycles. The molecule has 1 aliphatic rings. The second kappa shape index (κ2) is 9.77. The maximum Gasteiger partial charge on any atom is 0.251 e. The predicted molar refractivity (Wildman–Crippen MR) is 122 cm³/mol. The topological polar surface area (TPSA) is 67.2 Å². The van der Waals surface area contributed by atoms with Crippen molar-refractivity contribution in [2.75, 3.05) is 13.1 Å². The quantitative estimate of drug-likeness (QED) is 0.656. The molecule has 0 atom stereocenters. The van der Waals surface area contributed by atoms with Gasteiger partial charge < -0.3 is 14.8 Å². The molecule has 6 heteroatoms. The molecule has 0 radical (unpaired) electrons. The first kappa shape index (κ1) is 21.1. The summed E-state index contributed by atoms with van der Waals surface area (Å²) in [6, 6.07) is 15.5. The highest BCUT2D eigenvalue weighted by Crippen LogP contribution is 2.18. The molecule has 0 saturated carbocycles. The van der Waals surface area contributed by atoms with E-state index in [1.807, 2.05) is 60.4 Å². The number of aromatic nitrogens is 2. The van der Waals surface area contributed by atoms with Gasteiger partial charge in [0.2, 0.25) is 5.91 Å². The molecule has 1 saturated heterocycles. The van der Waals surface area contributed by atoms with Crippen LogP contribution < -0.4 is 5.32 Å². The molecule has 6 nitrogen and oxygen atoms in total. The number of nitrogens with zero attached hydrogens (tertiary/aromatic N) is 3. The summed E-state index contributed by atoms with van der Waals surface area (Å²) in [6.45, 7) is 4.54. The second-order valence-corrected chi connectivity index (χ2v) is 8.21. The van der Waals surface area contributed by atoms with Crippen LogP contribution in [0.2, 0.25) is 0 Å². The first-order valence-corrected chi connectivity index (χ1v) is 11.2. The molecule has 0 aliphatic carbocycles. The zero-order valence-electron chi connectivity index (χ0n) is 18.1. The van der Waals surface area contributed by atoms with E-state index in [-0.39, 0.29) is 11.8 Å². The van der Waals surface area contributed by atoms with E-state index in [0.29, 0.717) is 25.1 Å². The highest BCUT2D eigenvalue weighted by molar-refractivity contribution is 5.95. The highest BCUT2D eigenvalue weighted by atomic mass is 16.2. The number of imidazole rings is 1. The Kier molecular flexibility index (Phi) is 6.65. The lowest BCUT2D eigenvalue weighted by Gasteiger charge is -2.20. The van der Waals surface area contributed by atoms with Crippen LogP contribution in [0, 0.1) is 6.92 Å². The number of nitrogens with one attached hydrogen (secondary N) is 1. The summed E-state index contributed by atoms with van der Waals surface area (Å²) in [6.07, 6.45) is 5.05. The zero-order chi connectivity index (χ0) is 21.6. The van der Waals surface area contributed by atoms with E-state index < -0.39 is 0 Å². The minimum atomic E-state index is -0.114. The van der Waals surface area contributed by atoms with Crippen molar-refractivity contribution < 1.29 is 9.59 Å². The number of para-hydroxylation sites is 2. The van der Waals surface area contributed by atoms with Gasteiger partial charge in [-0.05, 0) is 43.5 Å². The Morgan fingerprint density at radius 3 is 2.45 bits per heavy atom. The largest absolute Gasteiger partial charge is 0.345 e. The van der Waals surface area contributed by atoms with E-state index >= 15 is 0 Å². The normalized spacial score (nSPS) is 14.4. The van der Waals surface area contributed by atoms with Gasteiger partial charge in [-0.25, -0.2) is 4.98 Å². The molecular formula is C25H30N4O2. The summed E-state index contributed by atoms with van der Waals surface area (Å²) in [5.41, 5.74) is 3.48. The number of amides is 2. The van der Waals surface area contributed by atoms with Crippen LogP contribution in [-0.4, -0.2) is 39.4 Å². The van der Waals surface area contributed by atoms with Crippen LogP contribution in [0.4, 0.5) is 0 Å². The van der Waals surface area contributed by atoms with Gasteiger partial charge in [-0.1, -0.05) is 43.2 Å². The van der Waals surface area contributed by atoms with E-state index in [2.05, 4.69) is 9.88 Å². The number of aryl methyl sites for hydroxylation is 2.